The molecule has 122 valence electrons. The van der Waals surface area contributed by atoms with Gasteiger partial charge in [0.1, 0.15) is 5.82 Å². The van der Waals surface area contributed by atoms with Crippen molar-refractivity contribution in [2.45, 2.75) is 13.0 Å². The molecule has 2 aromatic carbocycles. The van der Waals surface area contributed by atoms with Crippen LogP contribution in [0.2, 0.25) is 0 Å². The van der Waals surface area contributed by atoms with Gasteiger partial charge in [0, 0.05) is 18.2 Å². The molecule has 1 atom stereocenters. The number of hydrogen-bond donors (Lipinski definition) is 1. The van der Waals surface area contributed by atoms with Gasteiger partial charge in [-0.3, -0.25) is 4.79 Å². The van der Waals surface area contributed by atoms with Crippen LogP contribution < -0.4 is 5.32 Å². The third kappa shape index (κ3) is 4.98. The van der Waals surface area contributed by atoms with Crippen LogP contribution in [0.25, 0.3) is 0 Å². The molecule has 2 aromatic rings. The fraction of sp³-hybridized carbons (Fsp3) is 0.316. The Morgan fingerprint density at radius 1 is 1.09 bits per heavy atom. The Morgan fingerprint density at radius 2 is 1.70 bits per heavy atom. The van der Waals surface area contributed by atoms with E-state index in [0.717, 1.165) is 11.1 Å². The number of likely N-dealkylation sites (N-methyl/N-ethyl adjacent to an activating group) is 1. The van der Waals surface area contributed by atoms with E-state index in [1.807, 2.05) is 45.3 Å². The molecule has 0 aliphatic heterocycles. The van der Waals surface area contributed by atoms with E-state index in [0.29, 0.717) is 12.1 Å². The SMILES string of the molecule is Cc1ccc(C(=O)CNCC(c2ccc(F)cc2)N(C)C)cc1. The summed E-state index contributed by atoms with van der Waals surface area (Å²) in [5, 5.41) is 3.21. The highest BCUT2D eigenvalue weighted by Gasteiger charge is 2.14. The van der Waals surface area contributed by atoms with Crippen LogP contribution in [0.1, 0.15) is 27.5 Å². The molecule has 0 aliphatic carbocycles. The summed E-state index contributed by atoms with van der Waals surface area (Å²) in [4.78, 5) is 14.2. The van der Waals surface area contributed by atoms with Gasteiger partial charge in [-0.25, -0.2) is 4.39 Å². The molecule has 0 fully saturated rings. The molecule has 1 unspecified atom stereocenters. The predicted molar refractivity (Wildman–Crippen MR) is 91.2 cm³/mol. The molecule has 4 heteroatoms. The number of hydrogen-bond acceptors (Lipinski definition) is 3. The predicted octanol–water partition coefficient (Wildman–Crippen LogP) is 3.21. The van der Waals surface area contributed by atoms with Crippen LogP contribution >= 0.6 is 0 Å². The lowest BCUT2D eigenvalue weighted by Gasteiger charge is -2.25. The number of halogens is 1. The van der Waals surface area contributed by atoms with E-state index in [-0.39, 0.29) is 24.2 Å². The highest BCUT2D eigenvalue weighted by atomic mass is 19.1. The van der Waals surface area contributed by atoms with E-state index in [4.69, 9.17) is 0 Å². The fourth-order valence-corrected chi connectivity index (χ4v) is 2.45. The average Bonchev–Trinajstić information content (AvgIpc) is 2.53. The highest BCUT2D eigenvalue weighted by molar-refractivity contribution is 5.97. The van der Waals surface area contributed by atoms with Crippen LogP contribution in [0.5, 0.6) is 0 Å². The summed E-state index contributed by atoms with van der Waals surface area (Å²) in [5.41, 5.74) is 2.87. The minimum atomic E-state index is -0.242. The molecule has 2 rings (SSSR count). The molecular weight excluding hydrogens is 291 g/mol. The Labute approximate surface area is 137 Å². The summed E-state index contributed by atoms with van der Waals surface area (Å²) < 4.78 is 13.1. The number of nitrogens with one attached hydrogen (secondary N) is 1. The number of Topliss-reactive ketones (excluding diaryl/α,β-unsaturated/α-hetero) is 1. The molecule has 0 spiro atoms. The van der Waals surface area contributed by atoms with Gasteiger partial charge in [-0.05, 0) is 38.7 Å². The molecule has 1 N–H and O–H groups in total. The van der Waals surface area contributed by atoms with Crippen molar-refractivity contribution in [1.82, 2.24) is 10.2 Å². The van der Waals surface area contributed by atoms with Crippen LogP contribution in [0, 0.1) is 12.7 Å². The van der Waals surface area contributed by atoms with Gasteiger partial charge in [0.05, 0.1) is 6.54 Å². The molecule has 0 aromatic heterocycles. The molecule has 0 heterocycles. The summed E-state index contributed by atoms with van der Waals surface area (Å²) in [7, 11) is 3.94. The molecular formula is C19H23FN2O. The highest BCUT2D eigenvalue weighted by Crippen LogP contribution is 2.17. The van der Waals surface area contributed by atoms with Crippen LogP contribution in [0.4, 0.5) is 4.39 Å². The minimum absolute atomic E-state index is 0.0709. The first-order valence-electron chi connectivity index (χ1n) is 7.70. The molecule has 3 nitrogen and oxygen atoms in total. The minimum Gasteiger partial charge on any atom is -0.308 e. The van der Waals surface area contributed by atoms with Crippen molar-refractivity contribution >= 4 is 5.78 Å². The van der Waals surface area contributed by atoms with Crippen molar-refractivity contribution in [1.29, 1.82) is 0 Å². The van der Waals surface area contributed by atoms with Crippen LogP contribution in [-0.4, -0.2) is 37.9 Å². The Morgan fingerprint density at radius 3 is 2.26 bits per heavy atom. The molecule has 0 saturated heterocycles. The van der Waals surface area contributed by atoms with Crippen LogP contribution in [0.3, 0.4) is 0 Å². The number of benzene rings is 2. The fourth-order valence-electron chi connectivity index (χ4n) is 2.45. The molecule has 0 aliphatic rings. The average molecular weight is 314 g/mol. The van der Waals surface area contributed by atoms with Gasteiger partial charge in [0.2, 0.25) is 0 Å². The number of ketones is 1. The van der Waals surface area contributed by atoms with Gasteiger partial charge in [0.25, 0.3) is 0 Å². The van der Waals surface area contributed by atoms with Crippen molar-refractivity contribution in [3.63, 3.8) is 0 Å². The summed E-state index contributed by atoms with van der Waals surface area (Å²) in [6.07, 6.45) is 0. The van der Waals surface area contributed by atoms with Crippen molar-refractivity contribution in [3.05, 3.63) is 71.0 Å². The van der Waals surface area contributed by atoms with Gasteiger partial charge >= 0.3 is 0 Å². The zero-order valence-electron chi connectivity index (χ0n) is 13.8. The lowest BCUT2D eigenvalue weighted by molar-refractivity contribution is 0.0988. The van der Waals surface area contributed by atoms with Crippen LogP contribution in [0.15, 0.2) is 48.5 Å². The lowest BCUT2D eigenvalue weighted by Crippen LogP contribution is -2.33. The third-order valence-electron chi connectivity index (χ3n) is 3.87. The maximum Gasteiger partial charge on any atom is 0.176 e. The molecule has 0 saturated carbocycles. The first kappa shape index (κ1) is 17.3. The number of aryl methyl sites for hydroxylation is 1. The summed E-state index contributed by atoms with van der Waals surface area (Å²) in [5.74, 6) is -0.171. The van der Waals surface area contributed by atoms with E-state index in [1.165, 1.54) is 12.1 Å². The summed E-state index contributed by atoms with van der Waals surface area (Å²) >= 11 is 0. The normalized spacial score (nSPS) is 12.4. The second kappa shape index (κ2) is 7.99. The lowest BCUT2D eigenvalue weighted by atomic mass is 10.1. The van der Waals surface area contributed by atoms with Gasteiger partial charge < -0.3 is 10.2 Å². The van der Waals surface area contributed by atoms with Gasteiger partial charge in [-0.1, -0.05) is 42.0 Å². The number of rotatable bonds is 7. The van der Waals surface area contributed by atoms with Crippen molar-refractivity contribution < 1.29 is 9.18 Å². The molecule has 23 heavy (non-hydrogen) atoms. The van der Waals surface area contributed by atoms with E-state index < -0.39 is 0 Å². The number of carbonyl (C=O) groups excluding carboxylic acids is 1. The van der Waals surface area contributed by atoms with Crippen molar-refractivity contribution in [2.24, 2.45) is 0 Å². The Balaban J connectivity index is 1.93. The maximum atomic E-state index is 13.1. The van der Waals surface area contributed by atoms with Crippen molar-refractivity contribution in [2.75, 3.05) is 27.2 Å². The topological polar surface area (TPSA) is 32.3 Å². The summed E-state index contributed by atoms with van der Waals surface area (Å²) in [6, 6.07) is 14.1. The molecule has 0 amide bonds. The first-order valence-corrected chi connectivity index (χ1v) is 7.70. The third-order valence-corrected chi connectivity index (χ3v) is 3.87. The molecule has 0 radical (unpaired) electrons. The van der Waals surface area contributed by atoms with E-state index in [1.54, 1.807) is 12.1 Å². The summed E-state index contributed by atoms with van der Waals surface area (Å²) in [6.45, 7) is 2.90. The quantitative estimate of drug-likeness (QED) is 0.797. The van der Waals surface area contributed by atoms with E-state index >= 15 is 0 Å². The zero-order chi connectivity index (χ0) is 16.8. The first-order chi connectivity index (χ1) is 11.0. The van der Waals surface area contributed by atoms with E-state index in [2.05, 4.69) is 10.2 Å². The monoisotopic (exact) mass is 314 g/mol. The second-order valence-electron chi connectivity index (χ2n) is 5.95. The Bertz CT molecular complexity index is 635. The van der Waals surface area contributed by atoms with Crippen LogP contribution in [-0.2, 0) is 0 Å². The smallest absolute Gasteiger partial charge is 0.176 e. The maximum absolute atomic E-state index is 13.1. The second-order valence-corrected chi connectivity index (χ2v) is 5.95. The Kier molecular flexibility index (Phi) is 6.02. The number of carbonyl (C=O) groups is 1. The molecule has 0 bridgehead atoms. The van der Waals surface area contributed by atoms with Crippen molar-refractivity contribution in [3.8, 4) is 0 Å². The number of nitrogens with zero attached hydrogens (tertiary/aromatic N) is 1. The van der Waals surface area contributed by atoms with Gasteiger partial charge in [-0.2, -0.15) is 0 Å². The zero-order valence-corrected chi connectivity index (χ0v) is 13.8. The van der Waals surface area contributed by atoms with Gasteiger partial charge in [-0.15, -0.1) is 0 Å². The van der Waals surface area contributed by atoms with E-state index in [9.17, 15) is 9.18 Å². The van der Waals surface area contributed by atoms with Gasteiger partial charge in [0.15, 0.2) is 5.78 Å². The Hall–Kier alpha value is -2.04. The standard InChI is InChI=1S/C19H23FN2O/c1-14-4-6-16(7-5-14)19(23)13-21-12-18(22(2)3)15-8-10-17(20)11-9-15/h4-11,18,21H,12-13H2,1-3H3. The largest absolute Gasteiger partial charge is 0.308 e.